The van der Waals surface area contributed by atoms with Gasteiger partial charge in [0.25, 0.3) is 5.91 Å². The zero-order chi connectivity index (χ0) is 19.8. The van der Waals surface area contributed by atoms with Gasteiger partial charge < -0.3 is 15.0 Å². The highest BCUT2D eigenvalue weighted by molar-refractivity contribution is 6.02. The molecule has 2 amide bonds. The van der Waals surface area contributed by atoms with Crippen LogP contribution in [0.25, 0.3) is 0 Å². The number of hydrogen-bond donors (Lipinski definition) is 1. The highest BCUT2D eigenvalue weighted by Crippen LogP contribution is 2.29. The fraction of sp³-hybridized carbons (Fsp3) is 0.333. The summed E-state index contributed by atoms with van der Waals surface area (Å²) in [5.74, 6) is 0.553. The van der Waals surface area contributed by atoms with Crippen molar-refractivity contribution in [3.8, 4) is 5.75 Å². The van der Waals surface area contributed by atoms with E-state index in [0.717, 1.165) is 0 Å². The Bertz CT molecular complexity index is 770. The third-order valence-electron chi connectivity index (χ3n) is 4.31. The summed E-state index contributed by atoms with van der Waals surface area (Å²) in [5.41, 5.74) is 2.01. The Morgan fingerprint density at radius 2 is 1.67 bits per heavy atom. The van der Waals surface area contributed by atoms with Gasteiger partial charge in [0.1, 0.15) is 5.75 Å². The highest BCUT2D eigenvalue weighted by Gasteiger charge is 2.19. The molecule has 0 spiro atoms. The Balaban J connectivity index is 2.38. The average molecular weight is 369 g/mol. The molecular formula is C21H27N3O3. The van der Waals surface area contributed by atoms with Crippen LogP contribution in [-0.4, -0.2) is 50.5 Å². The van der Waals surface area contributed by atoms with Crippen molar-refractivity contribution >= 4 is 23.2 Å². The molecule has 1 N–H and O–H groups in total. The lowest BCUT2D eigenvalue weighted by Gasteiger charge is -2.24. The van der Waals surface area contributed by atoms with E-state index in [0.29, 0.717) is 35.8 Å². The van der Waals surface area contributed by atoms with Crippen molar-refractivity contribution in [1.29, 1.82) is 0 Å². The lowest BCUT2D eigenvalue weighted by atomic mass is 10.1. The molecule has 2 aromatic rings. The molecule has 0 aromatic heterocycles. The molecule has 0 atom stereocenters. The molecule has 144 valence electrons. The van der Waals surface area contributed by atoms with Crippen molar-refractivity contribution in [1.82, 2.24) is 10.2 Å². The molecule has 0 saturated carbocycles. The number of carbonyl (C=O) groups excluding carboxylic acids is 2. The number of methoxy groups -OCH3 is 1. The second-order valence-corrected chi connectivity index (χ2v) is 5.99. The van der Waals surface area contributed by atoms with Crippen LogP contribution < -0.4 is 15.0 Å². The van der Waals surface area contributed by atoms with Gasteiger partial charge in [-0.2, -0.15) is 0 Å². The van der Waals surface area contributed by atoms with Gasteiger partial charge in [-0.15, -0.1) is 0 Å². The molecule has 0 radical (unpaired) electrons. The lowest BCUT2D eigenvalue weighted by molar-refractivity contribution is -0.117. The second-order valence-electron chi connectivity index (χ2n) is 5.99. The van der Waals surface area contributed by atoms with E-state index in [2.05, 4.69) is 5.32 Å². The number of carbonyl (C=O) groups is 2. The number of likely N-dealkylation sites (N-methyl/N-ethyl adjacent to an activating group) is 1. The number of nitrogens with zero attached hydrogens (tertiary/aromatic N) is 2. The average Bonchev–Trinajstić information content (AvgIpc) is 2.70. The summed E-state index contributed by atoms with van der Waals surface area (Å²) in [7, 11) is 3.32. The van der Waals surface area contributed by atoms with Gasteiger partial charge in [0, 0.05) is 30.4 Å². The van der Waals surface area contributed by atoms with Crippen LogP contribution in [0.2, 0.25) is 0 Å². The zero-order valence-corrected chi connectivity index (χ0v) is 16.4. The summed E-state index contributed by atoms with van der Waals surface area (Å²) >= 11 is 0. The SMILES string of the molecule is CCN(CC)C(=O)c1ccc(N(C(=O)CNC)c2cccc(OC)c2)cc1. The zero-order valence-electron chi connectivity index (χ0n) is 16.4. The minimum Gasteiger partial charge on any atom is -0.497 e. The molecule has 0 unspecified atom stereocenters. The largest absolute Gasteiger partial charge is 0.497 e. The van der Waals surface area contributed by atoms with Crippen molar-refractivity contribution in [3.05, 3.63) is 54.1 Å². The van der Waals surface area contributed by atoms with Gasteiger partial charge >= 0.3 is 0 Å². The molecule has 27 heavy (non-hydrogen) atoms. The smallest absolute Gasteiger partial charge is 0.253 e. The molecule has 0 saturated heterocycles. The van der Waals surface area contributed by atoms with Crippen LogP contribution in [0.1, 0.15) is 24.2 Å². The van der Waals surface area contributed by atoms with Gasteiger partial charge in [-0.05, 0) is 57.3 Å². The Hall–Kier alpha value is -2.86. The number of hydrogen-bond acceptors (Lipinski definition) is 4. The standard InChI is InChI=1S/C21H27N3O3/c1-5-23(6-2)21(26)16-10-12-17(13-11-16)24(20(25)15-22-3)18-8-7-9-19(14-18)27-4/h7-14,22H,5-6,15H2,1-4H3. The topological polar surface area (TPSA) is 61.9 Å². The van der Waals surface area contributed by atoms with E-state index < -0.39 is 0 Å². The number of benzene rings is 2. The molecule has 6 nitrogen and oxygen atoms in total. The van der Waals surface area contributed by atoms with Crippen LogP contribution in [0.15, 0.2) is 48.5 Å². The van der Waals surface area contributed by atoms with Gasteiger partial charge in [-0.1, -0.05) is 6.07 Å². The fourth-order valence-corrected chi connectivity index (χ4v) is 2.86. The first kappa shape index (κ1) is 20.5. The summed E-state index contributed by atoms with van der Waals surface area (Å²) in [6, 6.07) is 14.4. The van der Waals surface area contributed by atoms with Gasteiger partial charge in [0.15, 0.2) is 0 Å². The monoisotopic (exact) mass is 369 g/mol. The van der Waals surface area contributed by atoms with Gasteiger partial charge in [-0.25, -0.2) is 0 Å². The quantitative estimate of drug-likeness (QED) is 0.777. The maximum absolute atomic E-state index is 12.7. The predicted molar refractivity (Wildman–Crippen MR) is 108 cm³/mol. The van der Waals surface area contributed by atoms with Gasteiger partial charge in [0.05, 0.1) is 19.3 Å². The number of anilines is 2. The third-order valence-corrected chi connectivity index (χ3v) is 4.31. The maximum Gasteiger partial charge on any atom is 0.253 e. The molecule has 2 aromatic carbocycles. The number of rotatable bonds is 8. The number of nitrogens with one attached hydrogen (secondary N) is 1. The predicted octanol–water partition coefficient (Wildman–Crippen LogP) is 3.06. The normalized spacial score (nSPS) is 10.4. The minimum atomic E-state index is -0.103. The molecule has 0 aliphatic rings. The highest BCUT2D eigenvalue weighted by atomic mass is 16.5. The Kier molecular flexibility index (Phi) is 7.37. The second kappa shape index (κ2) is 9.73. The number of amides is 2. The molecule has 0 aliphatic heterocycles. The van der Waals surface area contributed by atoms with Gasteiger partial charge in [-0.3, -0.25) is 14.5 Å². The fourth-order valence-electron chi connectivity index (χ4n) is 2.86. The van der Waals surface area contributed by atoms with Crippen LogP contribution in [0.4, 0.5) is 11.4 Å². The molecule has 0 aliphatic carbocycles. The van der Waals surface area contributed by atoms with E-state index >= 15 is 0 Å². The van der Waals surface area contributed by atoms with Crippen LogP contribution in [0.3, 0.4) is 0 Å². The lowest BCUT2D eigenvalue weighted by Crippen LogP contribution is -2.34. The summed E-state index contributed by atoms with van der Waals surface area (Å²) < 4.78 is 5.28. The van der Waals surface area contributed by atoms with Crippen molar-refractivity contribution in [3.63, 3.8) is 0 Å². The van der Waals surface area contributed by atoms with Crippen molar-refractivity contribution in [2.75, 3.05) is 38.7 Å². The Morgan fingerprint density at radius 1 is 1.00 bits per heavy atom. The summed E-state index contributed by atoms with van der Waals surface area (Å²) in [6.07, 6.45) is 0. The molecule has 0 heterocycles. The van der Waals surface area contributed by atoms with Gasteiger partial charge in [0.2, 0.25) is 5.91 Å². The minimum absolute atomic E-state index is 0.0129. The van der Waals surface area contributed by atoms with E-state index in [4.69, 9.17) is 4.74 Å². The Labute approximate surface area is 160 Å². The molecule has 2 rings (SSSR count). The van der Waals surface area contributed by atoms with E-state index in [1.165, 1.54) is 0 Å². The number of ether oxygens (including phenoxy) is 1. The van der Waals surface area contributed by atoms with Crippen LogP contribution >= 0.6 is 0 Å². The summed E-state index contributed by atoms with van der Waals surface area (Å²) in [5, 5.41) is 2.89. The first-order valence-electron chi connectivity index (χ1n) is 9.06. The van der Waals surface area contributed by atoms with E-state index in [-0.39, 0.29) is 18.4 Å². The molecule has 0 bridgehead atoms. The van der Waals surface area contributed by atoms with E-state index in [1.54, 1.807) is 48.2 Å². The van der Waals surface area contributed by atoms with Crippen molar-refractivity contribution in [2.45, 2.75) is 13.8 Å². The molecule has 0 fully saturated rings. The maximum atomic E-state index is 12.7. The summed E-state index contributed by atoms with van der Waals surface area (Å²) in [6.45, 7) is 5.42. The van der Waals surface area contributed by atoms with E-state index in [9.17, 15) is 9.59 Å². The summed E-state index contributed by atoms with van der Waals surface area (Å²) in [4.78, 5) is 28.6. The molecule has 6 heteroatoms. The van der Waals surface area contributed by atoms with E-state index in [1.807, 2.05) is 38.1 Å². The van der Waals surface area contributed by atoms with Crippen LogP contribution in [0.5, 0.6) is 5.75 Å². The Morgan fingerprint density at radius 3 is 2.22 bits per heavy atom. The van der Waals surface area contributed by atoms with Crippen molar-refractivity contribution < 1.29 is 14.3 Å². The molecular weight excluding hydrogens is 342 g/mol. The van der Waals surface area contributed by atoms with Crippen LogP contribution in [0, 0.1) is 0 Å². The first-order valence-corrected chi connectivity index (χ1v) is 9.06. The van der Waals surface area contributed by atoms with Crippen molar-refractivity contribution in [2.24, 2.45) is 0 Å². The third kappa shape index (κ3) is 4.86. The first-order chi connectivity index (χ1) is 13.0. The van der Waals surface area contributed by atoms with Crippen LogP contribution in [-0.2, 0) is 4.79 Å².